The third-order valence-corrected chi connectivity index (χ3v) is 5.23. The van der Waals surface area contributed by atoms with Crippen LogP contribution in [-0.4, -0.2) is 34.3 Å². The van der Waals surface area contributed by atoms with Gasteiger partial charge in [-0.05, 0) is 45.7 Å². The van der Waals surface area contributed by atoms with Crippen molar-refractivity contribution in [2.24, 2.45) is 0 Å². The van der Waals surface area contributed by atoms with Crippen molar-refractivity contribution in [1.82, 2.24) is 9.88 Å². The molecule has 0 unspecified atom stereocenters. The Morgan fingerprint density at radius 3 is 2.47 bits per heavy atom. The number of ketones is 1. The third-order valence-electron chi connectivity index (χ3n) is 4.41. The molecule has 0 atom stereocenters. The van der Waals surface area contributed by atoms with Crippen LogP contribution in [0.15, 0.2) is 5.38 Å². The first kappa shape index (κ1) is 14.7. The zero-order valence-electron chi connectivity index (χ0n) is 12.2. The van der Waals surface area contributed by atoms with Crippen LogP contribution in [0.1, 0.15) is 50.2 Å². The minimum absolute atomic E-state index is 0.256. The van der Waals surface area contributed by atoms with Gasteiger partial charge in [0.1, 0.15) is 0 Å². The van der Waals surface area contributed by atoms with Gasteiger partial charge in [0, 0.05) is 5.38 Å². The van der Waals surface area contributed by atoms with Gasteiger partial charge in [0.2, 0.25) is 0 Å². The minimum atomic E-state index is -0.256. The van der Waals surface area contributed by atoms with Crippen molar-refractivity contribution < 1.29 is 4.79 Å². The van der Waals surface area contributed by atoms with E-state index in [1.54, 1.807) is 11.3 Å². The standard InChI is InChI=1S/C15H24N2OS/c1-4-15(5-2,17-8-6-7-9-17)14(18)10-13-11-19-12(3)16-13/h11H,4-10H2,1-3H3. The Morgan fingerprint density at radius 1 is 1.37 bits per heavy atom. The number of rotatable bonds is 6. The van der Waals surface area contributed by atoms with Crippen molar-refractivity contribution in [2.45, 2.75) is 58.4 Å². The van der Waals surface area contributed by atoms with Crippen LogP contribution >= 0.6 is 11.3 Å². The molecule has 0 amide bonds. The van der Waals surface area contributed by atoms with E-state index in [0.717, 1.165) is 36.6 Å². The summed E-state index contributed by atoms with van der Waals surface area (Å²) in [5.41, 5.74) is 0.687. The smallest absolute Gasteiger partial charge is 0.159 e. The highest BCUT2D eigenvalue weighted by molar-refractivity contribution is 7.09. The van der Waals surface area contributed by atoms with Crippen LogP contribution in [0.4, 0.5) is 0 Å². The summed E-state index contributed by atoms with van der Waals surface area (Å²) >= 11 is 1.63. The molecule has 1 aromatic rings. The topological polar surface area (TPSA) is 33.2 Å². The Labute approximate surface area is 120 Å². The van der Waals surface area contributed by atoms with E-state index in [9.17, 15) is 4.79 Å². The van der Waals surface area contributed by atoms with E-state index in [-0.39, 0.29) is 5.54 Å². The lowest BCUT2D eigenvalue weighted by Crippen LogP contribution is -2.53. The number of hydrogen-bond donors (Lipinski definition) is 0. The van der Waals surface area contributed by atoms with Crippen LogP contribution in [0.2, 0.25) is 0 Å². The van der Waals surface area contributed by atoms with E-state index in [4.69, 9.17) is 0 Å². The van der Waals surface area contributed by atoms with E-state index < -0.39 is 0 Å². The Morgan fingerprint density at radius 2 is 2.00 bits per heavy atom. The fourth-order valence-corrected chi connectivity index (χ4v) is 3.84. The van der Waals surface area contributed by atoms with Gasteiger partial charge in [-0.15, -0.1) is 11.3 Å². The van der Waals surface area contributed by atoms with Gasteiger partial charge < -0.3 is 0 Å². The Kier molecular flexibility index (Phi) is 4.74. The second-order valence-corrected chi connectivity index (χ2v) is 6.45. The van der Waals surface area contributed by atoms with Gasteiger partial charge in [0.25, 0.3) is 0 Å². The first-order valence-electron chi connectivity index (χ1n) is 7.31. The zero-order chi connectivity index (χ0) is 13.9. The third kappa shape index (κ3) is 2.90. The lowest BCUT2D eigenvalue weighted by Gasteiger charge is -2.39. The highest BCUT2D eigenvalue weighted by atomic mass is 32.1. The number of nitrogens with zero attached hydrogens (tertiary/aromatic N) is 2. The molecule has 3 nitrogen and oxygen atoms in total. The van der Waals surface area contributed by atoms with Crippen LogP contribution < -0.4 is 0 Å². The number of aryl methyl sites for hydroxylation is 1. The molecule has 0 aliphatic carbocycles. The number of carbonyl (C=O) groups is 1. The molecule has 0 saturated carbocycles. The fraction of sp³-hybridized carbons (Fsp3) is 0.733. The van der Waals surface area contributed by atoms with Crippen molar-refractivity contribution in [3.05, 3.63) is 16.1 Å². The molecule has 1 aliphatic rings. The summed E-state index contributed by atoms with van der Waals surface area (Å²) in [5, 5.41) is 3.07. The van der Waals surface area contributed by atoms with Gasteiger partial charge in [0.15, 0.2) is 5.78 Å². The number of Topliss-reactive ketones (excluding diaryl/α,β-unsaturated/α-hetero) is 1. The van der Waals surface area contributed by atoms with Crippen molar-refractivity contribution in [1.29, 1.82) is 0 Å². The largest absolute Gasteiger partial charge is 0.297 e. The minimum Gasteiger partial charge on any atom is -0.297 e. The van der Waals surface area contributed by atoms with Gasteiger partial charge in [-0.2, -0.15) is 0 Å². The second-order valence-electron chi connectivity index (χ2n) is 5.39. The van der Waals surface area contributed by atoms with Crippen molar-refractivity contribution in [2.75, 3.05) is 13.1 Å². The maximum atomic E-state index is 12.8. The summed E-state index contributed by atoms with van der Waals surface area (Å²) in [6, 6.07) is 0. The monoisotopic (exact) mass is 280 g/mol. The molecule has 1 aromatic heterocycles. The van der Waals surface area contributed by atoms with Gasteiger partial charge in [-0.1, -0.05) is 13.8 Å². The average molecular weight is 280 g/mol. The fourth-order valence-electron chi connectivity index (χ4n) is 3.23. The summed E-state index contributed by atoms with van der Waals surface area (Å²) in [7, 11) is 0. The molecule has 0 radical (unpaired) electrons. The molecular weight excluding hydrogens is 256 g/mol. The highest BCUT2D eigenvalue weighted by Gasteiger charge is 2.41. The summed E-state index contributed by atoms with van der Waals surface area (Å²) in [4.78, 5) is 19.7. The number of likely N-dealkylation sites (tertiary alicyclic amines) is 1. The molecule has 0 bridgehead atoms. The zero-order valence-corrected chi connectivity index (χ0v) is 13.1. The molecular formula is C15H24N2OS. The quantitative estimate of drug-likeness (QED) is 0.802. The maximum Gasteiger partial charge on any atom is 0.159 e. The van der Waals surface area contributed by atoms with Crippen molar-refractivity contribution in [3.8, 4) is 0 Å². The first-order valence-corrected chi connectivity index (χ1v) is 8.19. The maximum absolute atomic E-state index is 12.8. The van der Waals surface area contributed by atoms with Crippen LogP contribution in [0, 0.1) is 6.92 Å². The van der Waals surface area contributed by atoms with E-state index in [2.05, 4.69) is 23.7 Å². The van der Waals surface area contributed by atoms with E-state index >= 15 is 0 Å². The molecule has 0 spiro atoms. The number of aromatic nitrogens is 1. The van der Waals surface area contributed by atoms with Gasteiger partial charge in [-0.3, -0.25) is 9.69 Å². The normalized spacial score (nSPS) is 17.0. The Balaban J connectivity index is 2.15. The van der Waals surface area contributed by atoms with Gasteiger partial charge >= 0.3 is 0 Å². The SMILES string of the molecule is CCC(CC)(C(=O)Cc1csc(C)n1)N1CCCC1. The van der Waals surface area contributed by atoms with E-state index in [1.807, 2.05) is 12.3 Å². The number of hydrogen-bond acceptors (Lipinski definition) is 4. The van der Waals surface area contributed by atoms with Crippen LogP contribution in [0.3, 0.4) is 0 Å². The second kappa shape index (κ2) is 6.14. The van der Waals surface area contributed by atoms with Gasteiger partial charge in [-0.25, -0.2) is 4.98 Å². The molecule has 19 heavy (non-hydrogen) atoms. The van der Waals surface area contributed by atoms with E-state index in [0.29, 0.717) is 12.2 Å². The summed E-state index contributed by atoms with van der Waals surface area (Å²) in [5.74, 6) is 0.352. The lowest BCUT2D eigenvalue weighted by molar-refractivity contribution is -0.130. The Hall–Kier alpha value is -0.740. The average Bonchev–Trinajstić information content (AvgIpc) is 3.04. The van der Waals surface area contributed by atoms with Crippen LogP contribution in [0.5, 0.6) is 0 Å². The summed E-state index contributed by atoms with van der Waals surface area (Å²) < 4.78 is 0. The van der Waals surface area contributed by atoms with Gasteiger partial charge in [0.05, 0.1) is 22.7 Å². The summed E-state index contributed by atoms with van der Waals surface area (Å²) in [6.45, 7) is 8.43. The predicted molar refractivity (Wildman–Crippen MR) is 79.7 cm³/mol. The lowest BCUT2D eigenvalue weighted by atomic mass is 9.84. The molecule has 106 valence electrons. The molecule has 2 rings (SSSR count). The number of thiazole rings is 1. The molecule has 2 heterocycles. The molecule has 1 aliphatic heterocycles. The van der Waals surface area contributed by atoms with E-state index in [1.165, 1.54) is 12.8 Å². The van der Waals surface area contributed by atoms with Crippen LogP contribution in [0.25, 0.3) is 0 Å². The predicted octanol–water partition coefficient (Wildman–Crippen LogP) is 3.22. The summed E-state index contributed by atoms with van der Waals surface area (Å²) in [6.07, 6.45) is 4.76. The highest BCUT2D eigenvalue weighted by Crippen LogP contribution is 2.30. The first-order chi connectivity index (χ1) is 9.12. The molecule has 1 saturated heterocycles. The molecule has 1 fully saturated rings. The molecule has 4 heteroatoms. The Bertz CT molecular complexity index is 431. The molecule has 0 aromatic carbocycles. The van der Waals surface area contributed by atoms with Crippen molar-refractivity contribution in [3.63, 3.8) is 0 Å². The molecule has 0 N–H and O–H groups in total. The van der Waals surface area contributed by atoms with Crippen molar-refractivity contribution >= 4 is 17.1 Å². The van der Waals surface area contributed by atoms with Crippen LogP contribution in [-0.2, 0) is 11.2 Å². The number of carbonyl (C=O) groups excluding carboxylic acids is 1.